The molecule has 5 nitrogen and oxygen atoms in total. The van der Waals surface area contributed by atoms with Crippen LogP contribution < -0.4 is 11.1 Å². The van der Waals surface area contributed by atoms with Crippen LogP contribution in [-0.4, -0.2) is 38.5 Å². The molecule has 0 unspecified atom stereocenters. The molecule has 0 heterocycles. The summed E-state index contributed by atoms with van der Waals surface area (Å²) >= 11 is 0. The predicted octanol–water partition coefficient (Wildman–Crippen LogP) is 0.773. The van der Waals surface area contributed by atoms with Crippen LogP contribution in [0.3, 0.4) is 0 Å². The van der Waals surface area contributed by atoms with Crippen molar-refractivity contribution in [1.29, 1.82) is 0 Å². The summed E-state index contributed by atoms with van der Waals surface area (Å²) in [5.41, 5.74) is 5.90. The molecule has 17 heavy (non-hydrogen) atoms. The number of rotatable bonds is 6. The van der Waals surface area contributed by atoms with Crippen molar-refractivity contribution in [1.82, 2.24) is 5.32 Å². The van der Waals surface area contributed by atoms with E-state index in [0.29, 0.717) is 13.0 Å². The van der Waals surface area contributed by atoms with Crippen molar-refractivity contribution in [2.24, 2.45) is 5.73 Å². The zero-order valence-electron chi connectivity index (χ0n) is 10.8. The normalized spacial score (nSPS) is 19.3. The van der Waals surface area contributed by atoms with Gasteiger partial charge in [0.15, 0.2) is 6.29 Å². The van der Waals surface area contributed by atoms with Crippen LogP contribution in [-0.2, 0) is 14.3 Å². The molecule has 1 aliphatic carbocycles. The van der Waals surface area contributed by atoms with Gasteiger partial charge in [0.2, 0.25) is 5.91 Å². The van der Waals surface area contributed by atoms with E-state index in [0.717, 1.165) is 25.7 Å². The Morgan fingerprint density at radius 2 is 1.88 bits per heavy atom. The summed E-state index contributed by atoms with van der Waals surface area (Å²) in [6, 6.07) is 0. The van der Waals surface area contributed by atoms with Crippen molar-refractivity contribution in [2.45, 2.75) is 50.4 Å². The van der Waals surface area contributed by atoms with Gasteiger partial charge in [-0.2, -0.15) is 0 Å². The zero-order valence-corrected chi connectivity index (χ0v) is 10.8. The molecular formula is C12H24N2O3. The van der Waals surface area contributed by atoms with Crippen molar-refractivity contribution in [2.75, 3.05) is 20.8 Å². The Balaban J connectivity index is 2.28. The second-order valence-corrected chi connectivity index (χ2v) is 4.80. The summed E-state index contributed by atoms with van der Waals surface area (Å²) in [4.78, 5) is 11.8. The maximum absolute atomic E-state index is 11.8. The quantitative estimate of drug-likeness (QED) is 0.677. The van der Waals surface area contributed by atoms with Gasteiger partial charge in [0.25, 0.3) is 0 Å². The van der Waals surface area contributed by atoms with E-state index in [-0.39, 0.29) is 17.7 Å². The van der Waals surface area contributed by atoms with Gasteiger partial charge < -0.3 is 20.5 Å². The second kappa shape index (κ2) is 6.93. The molecular weight excluding hydrogens is 220 g/mol. The number of amides is 1. The smallest absolute Gasteiger partial charge is 0.222 e. The van der Waals surface area contributed by atoms with Crippen LogP contribution in [0.25, 0.3) is 0 Å². The SMILES string of the molecule is COC(CNC(=O)CC1(N)CCCCC1)OC. The number of ether oxygens (including phenoxy) is 2. The molecule has 0 radical (unpaired) electrons. The Labute approximate surface area is 103 Å². The van der Waals surface area contributed by atoms with Crippen LogP contribution >= 0.6 is 0 Å². The largest absolute Gasteiger partial charge is 0.354 e. The van der Waals surface area contributed by atoms with Gasteiger partial charge >= 0.3 is 0 Å². The Hall–Kier alpha value is -0.650. The van der Waals surface area contributed by atoms with E-state index in [2.05, 4.69) is 5.32 Å². The molecule has 0 spiro atoms. The maximum Gasteiger partial charge on any atom is 0.222 e. The Kier molecular flexibility index (Phi) is 5.88. The fraction of sp³-hybridized carbons (Fsp3) is 0.917. The van der Waals surface area contributed by atoms with E-state index in [1.807, 2.05) is 0 Å². The lowest BCUT2D eigenvalue weighted by Gasteiger charge is -2.32. The highest BCUT2D eigenvalue weighted by Crippen LogP contribution is 2.28. The van der Waals surface area contributed by atoms with Gasteiger partial charge in [-0.15, -0.1) is 0 Å². The molecule has 1 aliphatic rings. The van der Waals surface area contributed by atoms with E-state index >= 15 is 0 Å². The van der Waals surface area contributed by atoms with Gasteiger partial charge in [-0.3, -0.25) is 4.79 Å². The topological polar surface area (TPSA) is 73.6 Å². The van der Waals surface area contributed by atoms with Crippen molar-refractivity contribution in [3.05, 3.63) is 0 Å². The molecule has 1 saturated carbocycles. The third-order valence-electron chi connectivity index (χ3n) is 3.35. The molecule has 0 atom stereocenters. The molecule has 100 valence electrons. The second-order valence-electron chi connectivity index (χ2n) is 4.80. The monoisotopic (exact) mass is 244 g/mol. The minimum absolute atomic E-state index is 0.0199. The van der Waals surface area contributed by atoms with Crippen LogP contribution in [0.15, 0.2) is 0 Å². The highest BCUT2D eigenvalue weighted by atomic mass is 16.7. The van der Waals surface area contributed by atoms with Crippen molar-refractivity contribution in [3.63, 3.8) is 0 Å². The summed E-state index contributed by atoms with van der Waals surface area (Å²) in [7, 11) is 3.10. The standard InChI is InChI=1S/C12H24N2O3/c1-16-11(17-2)9-14-10(15)8-12(13)6-4-3-5-7-12/h11H,3-9,13H2,1-2H3,(H,14,15). The fourth-order valence-electron chi connectivity index (χ4n) is 2.27. The molecule has 0 aromatic heterocycles. The average molecular weight is 244 g/mol. The minimum Gasteiger partial charge on any atom is -0.354 e. The van der Waals surface area contributed by atoms with E-state index in [1.165, 1.54) is 6.42 Å². The molecule has 1 amide bonds. The summed E-state index contributed by atoms with van der Waals surface area (Å²) in [5, 5.41) is 2.79. The lowest BCUT2D eigenvalue weighted by molar-refractivity contribution is -0.128. The van der Waals surface area contributed by atoms with Crippen LogP contribution in [0.2, 0.25) is 0 Å². The minimum atomic E-state index is -0.390. The van der Waals surface area contributed by atoms with Gasteiger partial charge in [0.05, 0.1) is 6.54 Å². The van der Waals surface area contributed by atoms with Gasteiger partial charge in [-0.05, 0) is 12.8 Å². The molecule has 0 aromatic carbocycles. The number of carbonyl (C=O) groups is 1. The highest BCUT2D eigenvalue weighted by molar-refractivity contribution is 5.77. The van der Waals surface area contributed by atoms with E-state index in [9.17, 15) is 4.79 Å². The first-order chi connectivity index (χ1) is 8.09. The van der Waals surface area contributed by atoms with Gasteiger partial charge in [0, 0.05) is 26.2 Å². The molecule has 0 saturated heterocycles. The Morgan fingerprint density at radius 3 is 2.41 bits per heavy atom. The highest BCUT2D eigenvalue weighted by Gasteiger charge is 2.29. The van der Waals surface area contributed by atoms with Crippen LogP contribution in [0.5, 0.6) is 0 Å². The number of nitrogens with one attached hydrogen (secondary N) is 1. The number of carbonyl (C=O) groups excluding carboxylic acids is 1. The predicted molar refractivity (Wildman–Crippen MR) is 65.4 cm³/mol. The van der Waals surface area contributed by atoms with Gasteiger partial charge in [-0.1, -0.05) is 19.3 Å². The third-order valence-corrected chi connectivity index (χ3v) is 3.35. The Bertz CT molecular complexity index is 236. The molecule has 1 fully saturated rings. The van der Waals surface area contributed by atoms with Crippen LogP contribution in [0.1, 0.15) is 38.5 Å². The van der Waals surface area contributed by atoms with E-state index in [4.69, 9.17) is 15.2 Å². The number of nitrogens with two attached hydrogens (primary N) is 1. The first-order valence-electron chi connectivity index (χ1n) is 6.21. The Morgan fingerprint density at radius 1 is 1.29 bits per heavy atom. The maximum atomic E-state index is 11.8. The summed E-state index contributed by atoms with van der Waals surface area (Å²) in [5.74, 6) is -0.0199. The average Bonchev–Trinajstić information content (AvgIpc) is 2.30. The van der Waals surface area contributed by atoms with Crippen LogP contribution in [0.4, 0.5) is 0 Å². The van der Waals surface area contributed by atoms with E-state index < -0.39 is 0 Å². The first kappa shape index (κ1) is 14.4. The third kappa shape index (κ3) is 5.02. The van der Waals surface area contributed by atoms with Crippen molar-refractivity contribution < 1.29 is 14.3 Å². The summed E-state index contributed by atoms with van der Waals surface area (Å²) in [6.45, 7) is 0.363. The first-order valence-corrected chi connectivity index (χ1v) is 6.21. The molecule has 1 rings (SSSR count). The fourth-order valence-corrected chi connectivity index (χ4v) is 2.27. The van der Waals surface area contributed by atoms with Crippen molar-refractivity contribution in [3.8, 4) is 0 Å². The van der Waals surface area contributed by atoms with E-state index in [1.54, 1.807) is 14.2 Å². The number of methoxy groups -OCH3 is 2. The van der Waals surface area contributed by atoms with Crippen LogP contribution in [0, 0.1) is 0 Å². The van der Waals surface area contributed by atoms with Gasteiger partial charge in [0.1, 0.15) is 0 Å². The van der Waals surface area contributed by atoms with Crippen molar-refractivity contribution >= 4 is 5.91 Å². The molecule has 5 heteroatoms. The lowest BCUT2D eigenvalue weighted by Crippen LogP contribution is -2.47. The summed E-state index contributed by atoms with van der Waals surface area (Å²) in [6.07, 6.45) is 5.38. The van der Waals surface area contributed by atoms with Gasteiger partial charge in [-0.25, -0.2) is 0 Å². The molecule has 0 bridgehead atoms. The molecule has 0 aromatic rings. The lowest BCUT2D eigenvalue weighted by atomic mass is 9.80. The zero-order chi connectivity index (χ0) is 12.7. The number of hydrogen-bond donors (Lipinski definition) is 2. The summed E-state index contributed by atoms with van der Waals surface area (Å²) < 4.78 is 9.99. The number of hydrogen-bond acceptors (Lipinski definition) is 4. The molecule has 0 aliphatic heterocycles. The molecule has 3 N–H and O–H groups in total.